The number of rotatable bonds is 6. The summed E-state index contributed by atoms with van der Waals surface area (Å²) in [6.07, 6.45) is 2.52. The van der Waals surface area contributed by atoms with E-state index in [0.29, 0.717) is 19.5 Å². The van der Waals surface area contributed by atoms with Crippen molar-refractivity contribution in [1.29, 1.82) is 0 Å². The highest BCUT2D eigenvalue weighted by molar-refractivity contribution is 5.92. The van der Waals surface area contributed by atoms with Gasteiger partial charge in [0.1, 0.15) is 6.04 Å². The van der Waals surface area contributed by atoms with Crippen LogP contribution in [0.1, 0.15) is 50.3 Å². The van der Waals surface area contributed by atoms with Crippen molar-refractivity contribution in [3.05, 3.63) is 35.4 Å². The average molecular weight is 303 g/mol. The molecule has 1 aliphatic heterocycles. The van der Waals surface area contributed by atoms with Crippen molar-refractivity contribution < 1.29 is 9.59 Å². The van der Waals surface area contributed by atoms with E-state index in [1.807, 2.05) is 31.2 Å². The highest BCUT2D eigenvalue weighted by Gasteiger charge is 2.39. The Morgan fingerprint density at radius 3 is 2.77 bits per heavy atom. The zero-order valence-electron chi connectivity index (χ0n) is 13.3. The zero-order chi connectivity index (χ0) is 16.1. The molecule has 2 rings (SSSR count). The van der Waals surface area contributed by atoms with Gasteiger partial charge in [0.15, 0.2) is 0 Å². The number of amides is 2. The zero-order valence-corrected chi connectivity index (χ0v) is 13.3. The van der Waals surface area contributed by atoms with Gasteiger partial charge < -0.3 is 16.0 Å². The molecule has 1 heterocycles. The molecule has 0 radical (unpaired) electrons. The van der Waals surface area contributed by atoms with Gasteiger partial charge in [0.05, 0.1) is 6.04 Å². The summed E-state index contributed by atoms with van der Waals surface area (Å²) in [6.45, 7) is 5.04. The number of benzene rings is 1. The van der Waals surface area contributed by atoms with E-state index in [0.717, 1.165) is 24.0 Å². The number of nitrogens with two attached hydrogens (primary N) is 1. The molecule has 5 heteroatoms. The summed E-state index contributed by atoms with van der Waals surface area (Å²) >= 11 is 0. The van der Waals surface area contributed by atoms with Gasteiger partial charge in [-0.15, -0.1) is 0 Å². The molecule has 2 amide bonds. The van der Waals surface area contributed by atoms with Crippen LogP contribution in [0, 0.1) is 0 Å². The van der Waals surface area contributed by atoms with Gasteiger partial charge in [-0.1, -0.05) is 44.5 Å². The van der Waals surface area contributed by atoms with E-state index >= 15 is 0 Å². The van der Waals surface area contributed by atoms with Gasteiger partial charge in [0, 0.05) is 13.1 Å². The van der Waals surface area contributed by atoms with E-state index in [4.69, 9.17) is 5.73 Å². The number of unbranched alkanes of at least 4 members (excludes halogenated alkanes) is 1. The highest BCUT2D eigenvalue weighted by Crippen LogP contribution is 2.34. The summed E-state index contributed by atoms with van der Waals surface area (Å²) in [5.41, 5.74) is 7.83. The van der Waals surface area contributed by atoms with Crippen molar-refractivity contribution in [2.45, 2.75) is 51.7 Å². The monoisotopic (exact) mass is 303 g/mol. The number of carbonyl (C=O) groups excluding carboxylic acids is 2. The molecule has 0 saturated carbocycles. The van der Waals surface area contributed by atoms with Crippen LogP contribution in [-0.4, -0.2) is 29.3 Å². The van der Waals surface area contributed by atoms with Gasteiger partial charge in [-0.05, 0) is 24.0 Å². The van der Waals surface area contributed by atoms with Gasteiger partial charge in [0.2, 0.25) is 11.8 Å². The van der Waals surface area contributed by atoms with Crippen LogP contribution in [0.4, 0.5) is 0 Å². The molecule has 0 spiro atoms. The number of carbonyl (C=O) groups is 2. The summed E-state index contributed by atoms with van der Waals surface area (Å²) < 4.78 is 0. The molecule has 22 heavy (non-hydrogen) atoms. The summed E-state index contributed by atoms with van der Waals surface area (Å²) in [5.74, 6) is -0.274. The molecule has 0 aromatic heterocycles. The Labute approximate surface area is 131 Å². The maximum atomic E-state index is 12.6. The van der Waals surface area contributed by atoms with Crippen molar-refractivity contribution >= 4 is 11.8 Å². The van der Waals surface area contributed by atoms with Crippen LogP contribution in [0.25, 0.3) is 0 Å². The fraction of sp³-hybridized carbons (Fsp3) is 0.529. The fourth-order valence-corrected chi connectivity index (χ4v) is 2.75. The third kappa shape index (κ3) is 3.30. The molecule has 1 aromatic rings. The van der Waals surface area contributed by atoms with Crippen LogP contribution in [0.15, 0.2) is 24.3 Å². The van der Waals surface area contributed by atoms with E-state index < -0.39 is 12.1 Å². The first-order valence-electron chi connectivity index (χ1n) is 8.01. The molecular formula is C17H25N3O2. The van der Waals surface area contributed by atoms with Crippen LogP contribution in [0.3, 0.4) is 0 Å². The van der Waals surface area contributed by atoms with Gasteiger partial charge in [-0.2, -0.15) is 0 Å². The number of hydrogen-bond acceptors (Lipinski definition) is 3. The predicted octanol–water partition coefficient (Wildman–Crippen LogP) is 1.72. The van der Waals surface area contributed by atoms with Crippen molar-refractivity contribution in [1.82, 2.24) is 10.2 Å². The van der Waals surface area contributed by atoms with Gasteiger partial charge in [-0.3, -0.25) is 9.59 Å². The molecule has 2 unspecified atom stereocenters. The largest absolute Gasteiger partial charge is 0.354 e. The summed E-state index contributed by atoms with van der Waals surface area (Å²) in [5, 5.41) is 2.93. The standard InChI is InChI=1S/C17H25N3O2/c1-3-5-10-19-16(21)15-13-9-7-6-8-12(13)11-20(15)17(22)14(18)4-2/h6-9,14-15H,3-5,10-11,18H2,1-2H3,(H,19,21). The Balaban J connectivity index is 2.23. The Morgan fingerprint density at radius 1 is 1.36 bits per heavy atom. The fourth-order valence-electron chi connectivity index (χ4n) is 2.75. The third-order valence-electron chi connectivity index (χ3n) is 4.12. The minimum absolute atomic E-state index is 0.116. The predicted molar refractivity (Wildman–Crippen MR) is 85.9 cm³/mol. The van der Waals surface area contributed by atoms with Crippen molar-refractivity contribution in [3.63, 3.8) is 0 Å². The molecule has 2 atom stereocenters. The number of nitrogens with zero attached hydrogens (tertiary/aromatic N) is 1. The first-order valence-corrected chi connectivity index (χ1v) is 8.01. The maximum Gasteiger partial charge on any atom is 0.247 e. The maximum absolute atomic E-state index is 12.6. The molecule has 3 N–H and O–H groups in total. The van der Waals surface area contributed by atoms with Crippen molar-refractivity contribution in [2.75, 3.05) is 6.54 Å². The quantitative estimate of drug-likeness (QED) is 0.786. The van der Waals surface area contributed by atoms with E-state index in [9.17, 15) is 9.59 Å². The third-order valence-corrected chi connectivity index (χ3v) is 4.12. The Kier molecular flexibility index (Phi) is 5.55. The van der Waals surface area contributed by atoms with Gasteiger partial charge in [-0.25, -0.2) is 0 Å². The van der Waals surface area contributed by atoms with Gasteiger partial charge in [0.25, 0.3) is 0 Å². The van der Waals surface area contributed by atoms with Crippen LogP contribution >= 0.6 is 0 Å². The molecule has 0 bridgehead atoms. The van der Waals surface area contributed by atoms with Gasteiger partial charge >= 0.3 is 0 Å². The molecular weight excluding hydrogens is 278 g/mol. The summed E-state index contributed by atoms with van der Waals surface area (Å²) in [6, 6.07) is 6.60. The molecule has 0 aliphatic carbocycles. The lowest BCUT2D eigenvalue weighted by atomic mass is 10.0. The SMILES string of the molecule is CCCCNC(=O)C1c2ccccc2CN1C(=O)C(N)CC. The second-order valence-corrected chi connectivity index (χ2v) is 5.73. The first-order chi connectivity index (χ1) is 10.6. The van der Waals surface area contributed by atoms with Crippen molar-refractivity contribution in [3.8, 4) is 0 Å². The lowest BCUT2D eigenvalue weighted by Gasteiger charge is -2.26. The lowest BCUT2D eigenvalue weighted by Crippen LogP contribution is -2.46. The molecule has 0 fully saturated rings. The van der Waals surface area contributed by atoms with E-state index in [1.165, 1.54) is 0 Å². The number of nitrogens with one attached hydrogen (secondary N) is 1. The van der Waals surface area contributed by atoms with Crippen LogP contribution in [-0.2, 0) is 16.1 Å². The molecule has 120 valence electrons. The number of hydrogen-bond donors (Lipinski definition) is 2. The second-order valence-electron chi connectivity index (χ2n) is 5.73. The average Bonchev–Trinajstić information content (AvgIpc) is 2.92. The topological polar surface area (TPSA) is 75.4 Å². The summed E-state index contributed by atoms with van der Waals surface area (Å²) in [7, 11) is 0. The van der Waals surface area contributed by atoms with E-state index in [2.05, 4.69) is 12.2 Å². The van der Waals surface area contributed by atoms with E-state index in [1.54, 1.807) is 4.90 Å². The second kappa shape index (κ2) is 7.40. The Morgan fingerprint density at radius 2 is 2.09 bits per heavy atom. The van der Waals surface area contributed by atoms with E-state index in [-0.39, 0.29) is 11.8 Å². The molecule has 5 nitrogen and oxygen atoms in total. The first kappa shape index (κ1) is 16.5. The smallest absolute Gasteiger partial charge is 0.247 e. The minimum atomic E-state index is -0.557. The normalized spacial score (nSPS) is 18.0. The highest BCUT2D eigenvalue weighted by atomic mass is 16.2. The minimum Gasteiger partial charge on any atom is -0.354 e. The molecule has 1 aliphatic rings. The van der Waals surface area contributed by atoms with Crippen LogP contribution in [0.2, 0.25) is 0 Å². The molecule has 1 aromatic carbocycles. The lowest BCUT2D eigenvalue weighted by molar-refractivity contribution is -0.141. The van der Waals surface area contributed by atoms with Crippen molar-refractivity contribution in [2.24, 2.45) is 5.73 Å². The Hall–Kier alpha value is -1.88. The summed E-state index contributed by atoms with van der Waals surface area (Å²) in [4.78, 5) is 26.7. The molecule has 0 saturated heterocycles. The number of fused-ring (bicyclic) bond motifs is 1. The Bertz CT molecular complexity index is 544. The van der Waals surface area contributed by atoms with Crippen LogP contribution in [0.5, 0.6) is 0 Å². The van der Waals surface area contributed by atoms with Crippen LogP contribution < -0.4 is 11.1 Å².